The Kier molecular flexibility index (Phi) is 2.52. The second-order valence-corrected chi connectivity index (χ2v) is 5.61. The van der Waals surface area contributed by atoms with E-state index in [1.54, 1.807) is 7.11 Å². The molecule has 0 spiro atoms. The van der Waals surface area contributed by atoms with Gasteiger partial charge < -0.3 is 14.8 Å². The van der Waals surface area contributed by atoms with Crippen molar-refractivity contribution >= 4 is 28.6 Å². The van der Waals surface area contributed by atoms with Gasteiger partial charge in [-0.15, -0.1) is 11.8 Å². The first-order chi connectivity index (χ1) is 8.63. The van der Waals surface area contributed by atoms with E-state index in [4.69, 9.17) is 4.74 Å². The molecule has 1 aliphatic heterocycles. The summed E-state index contributed by atoms with van der Waals surface area (Å²) in [7, 11) is 1.64. The molecule has 4 nitrogen and oxygen atoms in total. The average molecular weight is 263 g/mol. The zero-order valence-corrected chi connectivity index (χ0v) is 10.9. The number of thioether (sulfide) groups is 1. The number of hydrogen-bond donors (Lipinski definition) is 2. The Morgan fingerprint density at radius 1 is 1.50 bits per heavy atom. The zero-order chi connectivity index (χ0) is 12.9. The Bertz CT molecular complexity index is 634. The third-order valence-electron chi connectivity index (χ3n) is 3.45. The number of carboxylic acids is 1. The summed E-state index contributed by atoms with van der Waals surface area (Å²) in [6.07, 6.45) is 1.90. The molecule has 1 aromatic carbocycles. The van der Waals surface area contributed by atoms with Crippen LogP contribution < -0.4 is 4.74 Å². The Labute approximate surface area is 108 Å². The molecule has 3 rings (SSSR count). The molecule has 0 amide bonds. The van der Waals surface area contributed by atoms with Crippen LogP contribution >= 0.6 is 11.8 Å². The molecule has 1 aliphatic rings. The number of aromatic amines is 1. The largest absolute Gasteiger partial charge is 0.495 e. The van der Waals surface area contributed by atoms with Crippen molar-refractivity contribution in [3.63, 3.8) is 0 Å². The molecule has 1 aromatic heterocycles. The van der Waals surface area contributed by atoms with Gasteiger partial charge in [0.1, 0.15) is 11.0 Å². The van der Waals surface area contributed by atoms with Crippen molar-refractivity contribution in [1.29, 1.82) is 0 Å². The van der Waals surface area contributed by atoms with Crippen molar-refractivity contribution in [2.45, 2.75) is 23.0 Å². The van der Waals surface area contributed by atoms with Gasteiger partial charge in [-0.3, -0.25) is 4.79 Å². The van der Waals surface area contributed by atoms with E-state index in [0.717, 1.165) is 27.1 Å². The molecular weight excluding hydrogens is 250 g/mol. The van der Waals surface area contributed by atoms with Crippen LogP contribution in [0.5, 0.6) is 5.75 Å². The van der Waals surface area contributed by atoms with Crippen LogP contribution in [0.1, 0.15) is 18.4 Å². The van der Waals surface area contributed by atoms with Crippen LogP contribution in [0, 0.1) is 0 Å². The first-order valence-corrected chi connectivity index (χ1v) is 6.59. The van der Waals surface area contributed by atoms with Crippen LogP contribution in [0.25, 0.3) is 10.9 Å². The van der Waals surface area contributed by atoms with Crippen LogP contribution in [-0.2, 0) is 4.79 Å². The molecule has 0 aliphatic carbocycles. The lowest BCUT2D eigenvalue weighted by Crippen LogP contribution is -2.25. The molecule has 0 fully saturated rings. The Morgan fingerprint density at radius 2 is 2.28 bits per heavy atom. The molecule has 2 unspecified atom stereocenters. The fourth-order valence-electron chi connectivity index (χ4n) is 2.51. The fraction of sp³-hybridized carbons (Fsp3) is 0.308. The van der Waals surface area contributed by atoms with E-state index in [-0.39, 0.29) is 5.92 Å². The monoisotopic (exact) mass is 263 g/mol. The highest BCUT2D eigenvalue weighted by Crippen LogP contribution is 2.47. The van der Waals surface area contributed by atoms with Crippen LogP contribution in [0.15, 0.2) is 23.2 Å². The molecule has 2 N–H and O–H groups in total. The maximum atomic E-state index is 11.3. The number of H-pyrrole nitrogens is 1. The van der Waals surface area contributed by atoms with E-state index in [1.807, 2.05) is 25.3 Å². The third-order valence-corrected chi connectivity index (χ3v) is 4.91. The maximum absolute atomic E-state index is 11.3. The van der Waals surface area contributed by atoms with E-state index in [0.29, 0.717) is 0 Å². The normalized spacial score (nSPS) is 22.1. The van der Waals surface area contributed by atoms with Gasteiger partial charge >= 0.3 is 5.97 Å². The smallest absolute Gasteiger partial charge is 0.317 e. The van der Waals surface area contributed by atoms with Gasteiger partial charge in [-0.2, -0.15) is 0 Å². The van der Waals surface area contributed by atoms with Crippen molar-refractivity contribution in [2.75, 3.05) is 7.11 Å². The quantitative estimate of drug-likeness (QED) is 0.874. The minimum Gasteiger partial charge on any atom is -0.495 e. The highest BCUT2D eigenvalue weighted by molar-refractivity contribution is 8.01. The molecule has 18 heavy (non-hydrogen) atoms. The van der Waals surface area contributed by atoms with Crippen molar-refractivity contribution in [3.8, 4) is 5.75 Å². The van der Waals surface area contributed by atoms with Crippen LogP contribution in [0.4, 0.5) is 0 Å². The third kappa shape index (κ3) is 1.43. The molecule has 0 saturated carbocycles. The van der Waals surface area contributed by atoms with Gasteiger partial charge in [0.05, 0.1) is 12.6 Å². The Hall–Kier alpha value is -1.62. The van der Waals surface area contributed by atoms with Gasteiger partial charge in [-0.05, 0) is 17.7 Å². The fourth-order valence-corrected chi connectivity index (χ4v) is 3.72. The van der Waals surface area contributed by atoms with E-state index in [9.17, 15) is 9.90 Å². The number of aliphatic carboxylic acids is 1. The Balaban J connectivity index is 2.24. The van der Waals surface area contributed by atoms with Gasteiger partial charge in [0.25, 0.3) is 0 Å². The predicted molar refractivity (Wildman–Crippen MR) is 70.5 cm³/mol. The van der Waals surface area contributed by atoms with E-state index >= 15 is 0 Å². The summed E-state index contributed by atoms with van der Waals surface area (Å²) in [6, 6.07) is 3.81. The van der Waals surface area contributed by atoms with Crippen molar-refractivity contribution < 1.29 is 14.6 Å². The van der Waals surface area contributed by atoms with E-state index in [1.165, 1.54) is 11.8 Å². The number of carboxylic acid groups (broad SMARTS) is 1. The number of ether oxygens (including phenoxy) is 1. The average Bonchev–Trinajstić information content (AvgIpc) is 2.79. The Morgan fingerprint density at radius 3 is 2.94 bits per heavy atom. The first kappa shape index (κ1) is 11.5. The van der Waals surface area contributed by atoms with Crippen LogP contribution in [-0.4, -0.2) is 28.4 Å². The first-order valence-electron chi connectivity index (χ1n) is 5.71. The SMILES string of the molecule is COc1ccc2c3c(c[nH]c13)C(C)C(C(=O)O)S2. The van der Waals surface area contributed by atoms with Crippen molar-refractivity contribution in [1.82, 2.24) is 4.98 Å². The summed E-state index contributed by atoms with van der Waals surface area (Å²) in [4.78, 5) is 15.5. The van der Waals surface area contributed by atoms with Crippen LogP contribution in [0.3, 0.4) is 0 Å². The second-order valence-electron chi connectivity index (χ2n) is 4.43. The molecular formula is C13H13NO3S. The summed E-state index contributed by atoms with van der Waals surface area (Å²) >= 11 is 1.41. The number of aromatic nitrogens is 1. The summed E-state index contributed by atoms with van der Waals surface area (Å²) in [5.74, 6) is 0.0192. The number of benzene rings is 1. The van der Waals surface area contributed by atoms with Gasteiger partial charge in [-0.1, -0.05) is 6.92 Å². The molecule has 94 valence electrons. The summed E-state index contributed by atoms with van der Waals surface area (Å²) in [5, 5.41) is 9.95. The summed E-state index contributed by atoms with van der Waals surface area (Å²) in [6.45, 7) is 1.96. The molecule has 0 saturated heterocycles. The number of nitrogens with one attached hydrogen (secondary N) is 1. The van der Waals surface area contributed by atoms with Crippen LogP contribution in [0.2, 0.25) is 0 Å². The van der Waals surface area contributed by atoms with Gasteiger partial charge in [0, 0.05) is 22.4 Å². The number of rotatable bonds is 2. The van der Waals surface area contributed by atoms with Crippen molar-refractivity contribution in [3.05, 3.63) is 23.9 Å². The molecule has 0 bridgehead atoms. The lowest BCUT2D eigenvalue weighted by atomic mass is 9.96. The summed E-state index contributed by atoms with van der Waals surface area (Å²) < 4.78 is 5.32. The number of hydrogen-bond acceptors (Lipinski definition) is 3. The zero-order valence-electron chi connectivity index (χ0n) is 10.1. The molecule has 2 aromatic rings. The van der Waals surface area contributed by atoms with Gasteiger partial charge in [-0.25, -0.2) is 0 Å². The molecule has 0 radical (unpaired) electrons. The van der Waals surface area contributed by atoms with E-state index < -0.39 is 11.2 Å². The lowest BCUT2D eigenvalue weighted by Gasteiger charge is -2.25. The lowest BCUT2D eigenvalue weighted by molar-refractivity contribution is -0.136. The number of methoxy groups -OCH3 is 1. The standard InChI is InChI=1S/C13H13NO3S/c1-6-7-5-14-11-8(17-2)3-4-9(10(7)11)18-12(6)13(15)16/h3-6,12,14H,1-2H3,(H,15,16). The second kappa shape index (κ2) is 3.95. The minimum absolute atomic E-state index is 0.0131. The minimum atomic E-state index is -0.761. The number of carbonyl (C=O) groups is 1. The van der Waals surface area contributed by atoms with Gasteiger partial charge in [0.15, 0.2) is 0 Å². The highest BCUT2D eigenvalue weighted by Gasteiger charge is 2.34. The summed E-state index contributed by atoms with van der Waals surface area (Å²) in [5.41, 5.74) is 2.01. The highest BCUT2D eigenvalue weighted by atomic mass is 32.2. The van der Waals surface area contributed by atoms with Gasteiger partial charge in [0.2, 0.25) is 0 Å². The molecule has 2 atom stereocenters. The predicted octanol–water partition coefficient (Wildman–Crippen LogP) is 2.84. The maximum Gasteiger partial charge on any atom is 0.317 e. The van der Waals surface area contributed by atoms with Crippen molar-refractivity contribution in [2.24, 2.45) is 0 Å². The molecule has 5 heteroatoms. The topological polar surface area (TPSA) is 62.3 Å². The van der Waals surface area contributed by atoms with E-state index in [2.05, 4.69) is 4.98 Å². The molecule has 2 heterocycles.